The van der Waals surface area contributed by atoms with E-state index in [1.54, 1.807) is 0 Å². The molecule has 2 unspecified atom stereocenters. The quantitative estimate of drug-likeness (QED) is 0.845. The fourth-order valence-corrected chi connectivity index (χ4v) is 2.73. The number of nitrogens with one attached hydrogen (secondary N) is 1. The first-order chi connectivity index (χ1) is 8.65. The van der Waals surface area contributed by atoms with E-state index in [0.717, 1.165) is 11.5 Å². The highest BCUT2D eigenvalue weighted by Crippen LogP contribution is 2.22. The van der Waals surface area contributed by atoms with Gasteiger partial charge in [-0.25, -0.2) is 0 Å². The summed E-state index contributed by atoms with van der Waals surface area (Å²) in [6.45, 7) is 9.52. The number of hydrogen-bond donors (Lipinski definition) is 1. The first kappa shape index (κ1) is 13.4. The van der Waals surface area contributed by atoms with Crippen molar-refractivity contribution in [3.05, 3.63) is 42.0 Å². The van der Waals surface area contributed by atoms with Gasteiger partial charge in [-0.2, -0.15) is 0 Å². The Morgan fingerprint density at radius 2 is 1.94 bits per heavy atom. The Hall–Kier alpha value is -1.08. The van der Waals surface area contributed by atoms with E-state index in [1.807, 2.05) is 0 Å². The second kappa shape index (κ2) is 6.19. The first-order valence-electron chi connectivity index (χ1n) is 7.13. The fourth-order valence-electron chi connectivity index (χ4n) is 2.73. The van der Waals surface area contributed by atoms with Crippen molar-refractivity contribution < 1.29 is 0 Å². The maximum atomic E-state index is 3.98. The minimum absolute atomic E-state index is 0.695. The van der Waals surface area contributed by atoms with Gasteiger partial charge in [-0.15, -0.1) is 0 Å². The Morgan fingerprint density at radius 1 is 1.22 bits per heavy atom. The molecule has 0 bridgehead atoms. The summed E-state index contributed by atoms with van der Waals surface area (Å²) in [6, 6.07) is 9.64. The molecule has 0 radical (unpaired) electrons. The van der Waals surface area contributed by atoms with Crippen LogP contribution in [0.15, 0.2) is 30.8 Å². The van der Waals surface area contributed by atoms with Crippen LogP contribution in [-0.2, 0) is 6.42 Å². The van der Waals surface area contributed by atoms with Crippen LogP contribution in [0.2, 0.25) is 0 Å². The predicted octanol–water partition coefficient (Wildman–Crippen LogP) is 4.04. The van der Waals surface area contributed by atoms with Crippen LogP contribution in [-0.4, -0.2) is 12.6 Å². The summed E-state index contributed by atoms with van der Waals surface area (Å²) in [5.41, 5.74) is 3.88. The van der Waals surface area contributed by atoms with Crippen molar-refractivity contribution in [1.82, 2.24) is 5.32 Å². The molecule has 2 rings (SSSR count). The van der Waals surface area contributed by atoms with Gasteiger partial charge in [-0.3, -0.25) is 0 Å². The van der Waals surface area contributed by atoms with Gasteiger partial charge in [0.25, 0.3) is 0 Å². The molecular weight excluding hydrogens is 218 g/mol. The van der Waals surface area contributed by atoms with E-state index in [-0.39, 0.29) is 0 Å². The number of allylic oxidation sites excluding steroid dienone is 1. The number of benzene rings is 1. The lowest BCUT2D eigenvalue weighted by Gasteiger charge is -2.14. The smallest absolute Gasteiger partial charge is 0.00388 e. The summed E-state index contributed by atoms with van der Waals surface area (Å²) < 4.78 is 0. The molecule has 1 aliphatic rings. The van der Waals surface area contributed by atoms with Crippen LogP contribution in [0.1, 0.15) is 44.2 Å². The van der Waals surface area contributed by atoms with Gasteiger partial charge < -0.3 is 5.32 Å². The molecule has 0 aliphatic carbocycles. The molecule has 0 saturated carbocycles. The average Bonchev–Trinajstić information content (AvgIpc) is 2.55. The van der Waals surface area contributed by atoms with E-state index in [2.05, 4.69) is 50.0 Å². The highest BCUT2D eigenvalue weighted by molar-refractivity contribution is 5.61. The Balaban J connectivity index is 1.94. The molecular formula is C17H25N. The third kappa shape index (κ3) is 3.71. The molecule has 1 aromatic carbocycles. The number of rotatable bonds is 3. The lowest BCUT2D eigenvalue weighted by molar-refractivity contribution is 0.464. The van der Waals surface area contributed by atoms with Gasteiger partial charge >= 0.3 is 0 Å². The lowest BCUT2D eigenvalue weighted by atomic mass is 9.91. The zero-order valence-electron chi connectivity index (χ0n) is 11.7. The summed E-state index contributed by atoms with van der Waals surface area (Å²) in [5, 5.41) is 3.57. The van der Waals surface area contributed by atoms with Crippen LogP contribution >= 0.6 is 0 Å². The summed E-state index contributed by atoms with van der Waals surface area (Å²) in [4.78, 5) is 0. The minimum Gasteiger partial charge on any atom is -0.314 e. The van der Waals surface area contributed by atoms with Crippen molar-refractivity contribution in [3.63, 3.8) is 0 Å². The van der Waals surface area contributed by atoms with Gasteiger partial charge in [0.2, 0.25) is 0 Å². The Labute approximate surface area is 111 Å². The van der Waals surface area contributed by atoms with Crippen molar-refractivity contribution in [1.29, 1.82) is 0 Å². The first-order valence-corrected chi connectivity index (χ1v) is 7.13. The second-order valence-electron chi connectivity index (χ2n) is 5.77. The van der Waals surface area contributed by atoms with Gasteiger partial charge in [-0.05, 0) is 63.1 Å². The van der Waals surface area contributed by atoms with E-state index in [1.165, 1.54) is 43.4 Å². The molecule has 1 N–H and O–H groups in total. The third-order valence-electron chi connectivity index (χ3n) is 4.02. The van der Waals surface area contributed by atoms with Crippen LogP contribution in [0.4, 0.5) is 0 Å². The predicted molar refractivity (Wildman–Crippen MR) is 79.7 cm³/mol. The molecule has 1 saturated heterocycles. The second-order valence-corrected chi connectivity index (χ2v) is 5.77. The summed E-state index contributed by atoms with van der Waals surface area (Å²) >= 11 is 0. The van der Waals surface area contributed by atoms with Crippen molar-refractivity contribution in [2.24, 2.45) is 5.92 Å². The molecule has 98 valence electrons. The lowest BCUT2D eigenvalue weighted by Crippen LogP contribution is -2.24. The van der Waals surface area contributed by atoms with Gasteiger partial charge in [0.15, 0.2) is 0 Å². The zero-order chi connectivity index (χ0) is 13.0. The Bertz CT molecular complexity index is 391. The van der Waals surface area contributed by atoms with Crippen molar-refractivity contribution in [2.45, 2.75) is 45.6 Å². The molecule has 1 aliphatic heterocycles. The zero-order valence-corrected chi connectivity index (χ0v) is 11.7. The molecule has 2 atom stereocenters. The molecule has 1 nitrogen and oxygen atoms in total. The highest BCUT2D eigenvalue weighted by atomic mass is 14.9. The molecule has 1 aromatic rings. The monoisotopic (exact) mass is 243 g/mol. The average molecular weight is 243 g/mol. The topological polar surface area (TPSA) is 12.0 Å². The van der Waals surface area contributed by atoms with Crippen LogP contribution < -0.4 is 5.32 Å². The van der Waals surface area contributed by atoms with E-state index in [0.29, 0.717) is 6.04 Å². The molecule has 1 fully saturated rings. The van der Waals surface area contributed by atoms with Crippen molar-refractivity contribution in [2.75, 3.05) is 6.54 Å². The largest absolute Gasteiger partial charge is 0.314 e. The normalized spacial score (nSPS) is 24.6. The molecule has 1 heterocycles. The third-order valence-corrected chi connectivity index (χ3v) is 4.02. The van der Waals surface area contributed by atoms with Gasteiger partial charge in [0, 0.05) is 6.04 Å². The Kier molecular flexibility index (Phi) is 4.60. The Morgan fingerprint density at radius 3 is 2.61 bits per heavy atom. The van der Waals surface area contributed by atoms with Crippen LogP contribution in [0.3, 0.4) is 0 Å². The van der Waals surface area contributed by atoms with E-state index in [4.69, 9.17) is 0 Å². The van der Waals surface area contributed by atoms with E-state index in [9.17, 15) is 0 Å². The van der Waals surface area contributed by atoms with Crippen LogP contribution in [0.25, 0.3) is 5.57 Å². The van der Waals surface area contributed by atoms with Crippen LogP contribution in [0.5, 0.6) is 0 Å². The minimum atomic E-state index is 0.695. The SMILES string of the molecule is C=C(C)c1ccc(CC2CCNC(C)CC2)cc1. The molecule has 1 heteroatoms. The van der Waals surface area contributed by atoms with Gasteiger partial charge in [0.05, 0.1) is 0 Å². The summed E-state index contributed by atoms with van der Waals surface area (Å²) in [6.07, 6.45) is 5.21. The summed E-state index contributed by atoms with van der Waals surface area (Å²) in [7, 11) is 0. The van der Waals surface area contributed by atoms with Gasteiger partial charge in [0.1, 0.15) is 0 Å². The molecule has 0 aromatic heterocycles. The number of hydrogen-bond acceptors (Lipinski definition) is 1. The highest BCUT2D eigenvalue weighted by Gasteiger charge is 2.15. The standard InChI is InChI=1S/C17H25N/c1-13(2)17-8-6-15(7-9-17)12-16-5-4-14(3)18-11-10-16/h6-9,14,16,18H,1,4-5,10-12H2,2-3H3. The maximum absolute atomic E-state index is 3.98. The molecule has 0 amide bonds. The van der Waals surface area contributed by atoms with Crippen molar-refractivity contribution >= 4 is 5.57 Å². The molecule has 0 spiro atoms. The fraction of sp³-hybridized carbons (Fsp3) is 0.529. The van der Waals surface area contributed by atoms with E-state index >= 15 is 0 Å². The van der Waals surface area contributed by atoms with Crippen LogP contribution in [0, 0.1) is 5.92 Å². The van der Waals surface area contributed by atoms with Crippen molar-refractivity contribution in [3.8, 4) is 0 Å². The van der Waals surface area contributed by atoms with E-state index < -0.39 is 0 Å². The molecule has 18 heavy (non-hydrogen) atoms. The van der Waals surface area contributed by atoms with Gasteiger partial charge in [-0.1, -0.05) is 36.4 Å². The maximum Gasteiger partial charge on any atom is 0.00388 e. The summed E-state index contributed by atoms with van der Waals surface area (Å²) in [5.74, 6) is 0.845.